The van der Waals surface area contributed by atoms with Crippen LogP contribution in [0.4, 0.5) is 10.3 Å². The Morgan fingerprint density at radius 3 is 2.60 bits per heavy atom. The van der Waals surface area contributed by atoms with Gasteiger partial charge in [0.25, 0.3) is 0 Å². The normalized spacial score (nSPS) is 11.6. The molecule has 1 aromatic carbocycles. The lowest BCUT2D eigenvalue weighted by atomic mass is 10.1. The standard InChI is InChI=1S/C16H15FN4O2S2/c17-12-3-1-11(2-4-12)7-10-20-25(22,23)15-6-5-14(24-15)13-8-9-19-16(18)21-13/h1-6,8-9,20H,7,10H2,(H2,18,19,21). The van der Waals surface area contributed by atoms with E-state index >= 15 is 0 Å². The molecule has 9 heteroatoms. The molecule has 0 radical (unpaired) electrons. The van der Waals surface area contributed by atoms with Crippen molar-refractivity contribution in [1.82, 2.24) is 14.7 Å². The number of nitrogens with one attached hydrogen (secondary N) is 1. The molecule has 3 rings (SSSR count). The summed E-state index contributed by atoms with van der Waals surface area (Å²) >= 11 is 1.10. The number of hydrogen-bond acceptors (Lipinski definition) is 6. The molecule has 6 nitrogen and oxygen atoms in total. The first-order valence-corrected chi connectivity index (χ1v) is 9.67. The van der Waals surface area contributed by atoms with Gasteiger partial charge in [-0.2, -0.15) is 0 Å². The number of nitrogen functional groups attached to an aromatic ring is 1. The smallest absolute Gasteiger partial charge is 0.250 e. The van der Waals surface area contributed by atoms with Crippen molar-refractivity contribution in [3.8, 4) is 10.6 Å². The first kappa shape index (κ1) is 17.5. The van der Waals surface area contributed by atoms with Crippen LogP contribution in [0.5, 0.6) is 0 Å². The molecule has 0 saturated heterocycles. The van der Waals surface area contributed by atoms with Crippen LogP contribution < -0.4 is 10.5 Å². The third-order valence-corrected chi connectivity index (χ3v) is 6.45. The topological polar surface area (TPSA) is 98.0 Å². The Labute approximate surface area is 148 Å². The molecule has 0 aliphatic heterocycles. The molecular weight excluding hydrogens is 363 g/mol. The first-order valence-electron chi connectivity index (χ1n) is 7.37. The number of halogens is 1. The van der Waals surface area contributed by atoms with Gasteiger partial charge in [-0.05, 0) is 42.3 Å². The zero-order chi connectivity index (χ0) is 17.9. The van der Waals surface area contributed by atoms with E-state index in [0.29, 0.717) is 17.0 Å². The minimum absolute atomic E-state index is 0.132. The highest BCUT2D eigenvalue weighted by molar-refractivity contribution is 7.91. The summed E-state index contributed by atoms with van der Waals surface area (Å²) in [5.41, 5.74) is 6.98. The van der Waals surface area contributed by atoms with E-state index in [1.54, 1.807) is 24.3 Å². The number of thiophene rings is 1. The Morgan fingerprint density at radius 1 is 1.12 bits per heavy atom. The summed E-state index contributed by atoms with van der Waals surface area (Å²) in [5, 5.41) is 0. The number of benzene rings is 1. The molecule has 0 fully saturated rings. The van der Waals surface area contributed by atoms with E-state index in [2.05, 4.69) is 14.7 Å². The minimum Gasteiger partial charge on any atom is -0.368 e. The number of nitrogens with two attached hydrogens (primary N) is 1. The van der Waals surface area contributed by atoms with Crippen LogP contribution in [0.2, 0.25) is 0 Å². The van der Waals surface area contributed by atoms with E-state index in [4.69, 9.17) is 5.73 Å². The van der Waals surface area contributed by atoms with Crippen LogP contribution >= 0.6 is 11.3 Å². The van der Waals surface area contributed by atoms with Gasteiger partial charge in [0.15, 0.2) is 0 Å². The van der Waals surface area contributed by atoms with Gasteiger partial charge in [-0.1, -0.05) is 12.1 Å². The monoisotopic (exact) mass is 378 g/mol. The van der Waals surface area contributed by atoms with E-state index in [9.17, 15) is 12.8 Å². The van der Waals surface area contributed by atoms with Gasteiger partial charge < -0.3 is 5.73 Å². The highest BCUT2D eigenvalue weighted by Gasteiger charge is 2.17. The van der Waals surface area contributed by atoms with Crippen LogP contribution in [0.15, 0.2) is 52.9 Å². The molecule has 0 spiro atoms. The van der Waals surface area contributed by atoms with E-state index in [-0.39, 0.29) is 22.5 Å². The number of anilines is 1. The van der Waals surface area contributed by atoms with Crippen molar-refractivity contribution in [3.05, 3.63) is 60.0 Å². The lowest BCUT2D eigenvalue weighted by Crippen LogP contribution is -2.25. The van der Waals surface area contributed by atoms with E-state index in [1.165, 1.54) is 24.4 Å². The lowest BCUT2D eigenvalue weighted by molar-refractivity contribution is 0.583. The van der Waals surface area contributed by atoms with Gasteiger partial charge >= 0.3 is 0 Å². The predicted molar refractivity (Wildman–Crippen MR) is 95.0 cm³/mol. The third-order valence-electron chi connectivity index (χ3n) is 3.39. The predicted octanol–water partition coefficient (Wildman–Crippen LogP) is 2.45. The van der Waals surface area contributed by atoms with Gasteiger partial charge in [-0.15, -0.1) is 11.3 Å². The zero-order valence-electron chi connectivity index (χ0n) is 13.0. The second-order valence-electron chi connectivity index (χ2n) is 5.19. The molecular formula is C16H15FN4O2S2. The fourth-order valence-corrected chi connectivity index (χ4v) is 4.52. The van der Waals surface area contributed by atoms with Crippen LogP contribution in [-0.2, 0) is 16.4 Å². The molecule has 0 amide bonds. The number of nitrogens with zero attached hydrogens (tertiary/aromatic N) is 2. The number of hydrogen-bond donors (Lipinski definition) is 2. The summed E-state index contributed by atoms with van der Waals surface area (Å²) in [4.78, 5) is 8.58. The second-order valence-corrected chi connectivity index (χ2v) is 8.27. The highest BCUT2D eigenvalue weighted by Crippen LogP contribution is 2.29. The molecule has 0 bridgehead atoms. The Bertz CT molecular complexity index is 972. The summed E-state index contributed by atoms with van der Waals surface area (Å²) < 4.78 is 40.3. The summed E-state index contributed by atoms with van der Waals surface area (Å²) in [6.07, 6.45) is 1.99. The maximum Gasteiger partial charge on any atom is 0.250 e. The summed E-state index contributed by atoms with van der Waals surface area (Å²) in [7, 11) is -3.62. The molecule has 2 aromatic heterocycles. The quantitative estimate of drug-likeness (QED) is 0.687. The Balaban J connectivity index is 1.67. The van der Waals surface area contributed by atoms with Gasteiger partial charge in [0.2, 0.25) is 16.0 Å². The molecule has 3 aromatic rings. The third kappa shape index (κ3) is 4.38. The maximum absolute atomic E-state index is 12.9. The average molecular weight is 378 g/mol. The van der Waals surface area contributed by atoms with Crippen molar-refractivity contribution in [2.45, 2.75) is 10.6 Å². The first-order chi connectivity index (χ1) is 11.9. The van der Waals surface area contributed by atoms with E-state index in [1.807, 2.05) is 0 Å². The van der Waals surface area contributed by atoms with E-state index in [0.717, 1.165) is 16.9 Å². The lowest BCUT2D eigenvalue weighted by Gasteiger charge is -2.05. The molecule has 0 aliphatic rings. The van der Waals surface area contributed by atoms with Crippen molar-refractivity contribution >= 4 is 27.3 Å². The van der Waals surface area contributed by atoms with Crippen LogP contribution in [0.3, 0.4) is 0 Å². The molecule has 3 N–H and O–H groups in total. The van der Waals surface area contributed by atoms with Gasteiger partial charge in [0, 0.05) is 12.7 Å². The number of aromatic nitrogens is 2. The van der Waals surface area contributed by atoms with Crippen molar-refractivity contribution in [2.24, 2.45) is 0 Å². The summed E-state index contributed by atoms with van der Waals surface area (Å²) in [6, 6.07) is 10.8. The van der Waals surface area contributed by atoms with Crippen molar-refractivity contribution in [1.29, 1.82) is 0 Å². The molecule has 130 valence electrons. The Hall–Kier alpha value is -2.36. The van der Waals surface area contributed by atoms with E-state index < -0.39 is 10.0 Å². The van der Waals surface area contributed by atoms with Crippen LogP contribution in [0.25, 0.3) is 10.6 Å². The molecule has 2 heterocycles. The average Bonchev–Trinajstić information content (AvgIpc) is 3.08. The molecule has 0 aliphatic carbocycles. The number of rotatable bonds is 6. The molecule has 0 saturated carbocycles. The van der Waals surface area contributed by atoms with Gasteiger partial charge in [0.05, 0.1) is 10.6 Å². The molecule has 0 atom stereocenters. The van der Waals surface area contributed by atoms with Gasteiger partial charge in [-0.25, -0.2) is 27.5 Å². The van der Waals surface area contributed by atoms with Crippen LogP contribution in [0, 0.1) is 5.82 Å². The van der Waals surface area contributed by atoms with Crippen molar-refractivity contribution in [2.75, 3.05) is 12.3 Å². The SMILES string of the molecule is Nc1nccc(-c2ccc(S(=O)(=O)NCCc3ccc(F)cc3)s2)n1. The van der Waals surface area contributed by atoms with Gasteiger partial charge in [-0.3, -0.25) is 0 Å². The Kier molecular flexibility index (Phi) is 5.07. The van der Waals surface area contributed by atoms with Gasteiger partial charge in [0.1, 0.15) is 10.0 Å². The fraction of sp³-hybridized carbons (Fsp3) is 0.125. The summed E-state index contributed by atoms with van der Waals surface area (Å²) in [6.45, 7) is 0.224. The minimum atomic E-state index is -3.62. The molecule has 25 heavy (non-hydrogen) atoms. The fourth-order valence-electron chi connectivity index (χ4n) is 2.17. The zero-order valence-corrected chi connectivity index (χ0v) is 14.6. The Morgan fingerprint density at radius 2 is 1.88 bits per heavy atom. The van der Waals surface area contributed by atoms with Crippen LogP contribution in [0.1, 0.15) is 5.56 Å². The van der Waals surface area contributed by atoms with Crippen LogP contribution in [-0.4, -0.2) is 24.9 Å². The number of sulfonamides is 1. The highest BCUT2D eigenvalue weighted by atomic mass is 32.2. The largest absolute Gasteiger partial charge is 0.368 e. The second kappa shape index (κ2) is 7.26. The van der Waals surface area contributed by atoms with Crippen molar-refractivity contribution in [3.63, 3.8) is 0 Å². The maximum atomic E-state index is 12.9. The molecule has 0 unspecified atom stereocenters. The van der Waals surface area contributed by atoms with Crippen molar-refractivity contribution < 1.29 is 12.8 Å². The summed E-state index contributed by atoms with van der Waals surface area (Å²) in [5.74, 6) is -0.187.